The van der Waals surface area contributed by atoms with Crippen molar-refractivity contribution in [2.75, 3.05) is 45.2 Å². The van der Waals surface area contributed by atoms with E-state index >= 15 is 0 Å². The molecule has 7 heteroatoms. The van der Waals surface area contributed by atoms with Gasteiger partial charge in [0.1, 0.15) is 5.69 Å². The summed E-state index contributed by atoms with van der Waals surface area (Å²) in [6.07, 6.45) is 1.60. The van der Waals surface area contributed by atoms with Gasteiger partial charge in [-0.25, -0.2) is 4.79 Å². The van der Waals surface area contributed by atoms with Crippen molar-refractivity contribution in [3.8, 4) is 0 Å². The molecule has 7 nitrogen and oxygen atoms in total. The predicted octanol–water partition coefficient (Wildman–Crippen LogP) is 2.39. The summed E-state index contributed by atoms with van der Waals surface area (Å²) in [5, 5.41) is 3.18. The van der Waals surface area contributed by atoms with Gasteiger partial charge in [-0.1, -0.05) is 19.1 Å². The summed E-state index contributed by atoms with van der Waals surface area (Å²) in [6.45, 7) is 6.30. The number of likely N-dealkylation sites (N-methyl/N-ethyl adjacent to an activating group) is 1. The van der Waals surface area contributed by atoms with Crippen LogP contribution in [0.25, 0.3) is 0 Å². The second-order valence-electron chi connectivity index (χ2n) is 6.32. The van der Waals surface area contributed by atoms with Gasteiger partial charge in [-0.2, -0.15) is 0 Å². The Bertz CT molecular complexity index is 816. The van der Waals surface area contributed by atoms with E-state index in [2.05, 4.69) is 22.1 Å². The third-order valence-electron chi connectivity index (χ3n) is 4.70. The molecule has 0 bridgehead atoms. The van der Waals surface area contributed by atoms with Gasteiger partial charge in [0.25, 0.3) is 5.91 Å². The van der Waals surface area contributed by atoms with Gasteiger partial charge in [-0.05, 0) is 30.8 Å². The largest absolute Gasteiger partial charge is 0.465 e. The van der Waals surface area contributed by atoms with Crippen molar-refractivity contribution in [2.24, 2.45) is 0 Å². The Hall–Kier alpha value is -2.93. The highest BCUT2D eigenvalue weighted by molar-refractivity contribution is 5.97. The van der Waals surface area contributed by atoms with E-state index in [1.807, 2.05) is 11.0 Å². The van der Waals surface area contributed by atoms with Gasteiger partial charge in [-0.3, -0.25) is 9.78 Å². The zero-order chi connectivity index (χ0) is 19.2. The number of pyridine rings is 1. The standard InChI is InChI=1S/C20H24N4O3/c1-3-23-10-12-24(13-11-23)19(25)18-14-15(8-9-21-18)22-17-7-5-4-6-16(17)20(26)27-2/h4-9,14H,3,10-13H2,1-2H3,(H,21,22). The quantitative estimate of drug-likeness (QED) is 0.817. The molecule has 0 aliphatic carbocycles. The van der Waals surface area contributed by atoms with Crippen molar-refractivity contribution in [3.05, 3.63) is 53.9 Å². The Balaban J connectivity index is 1.75. The summed E-state index contributed by atoms with van der Waals surface area (Å²) in [5.41, 5.74) is 2.13. The van der Waals surface area contributed by atoms with E-state index in [4.69, 9.17) is 4.74 Å². The van der Waals surface area contributed by atoms with Gasteiger partial charge >= 0.3 is 5.97 Å². The van der Waals surface area contributed by atoms with Gasteiger partial charge in [0.15, 0.2) is 0 Å². The lowest BCUT2D eigenvalue weighted by molar-refractivity contribution is 0.0600. The molecular formula is C20H24N4O3. The molecule has 0 atom stereocenters. The highest BCUT2D eigenvalue weighted by atomic mass is 16.5. The van der Waals surface area contributed by atoms with Crippen molar-refractivity contribution in [1.29, 1.82) is 0 Å². The second kappa shape index (κ2) is 8.64. The Kier molecular flexibility index (Phi) is 6.03. The average molecular weight is 368 g/mol. The zero-order valence-corrected chi connectivity index (χ0v) is 15.6. The van der Waals surface area contributed by atoms with E-state index in [0.717, 1.165) is 19.6 Å². The SMILES string of the molecule is CCN1CCN(C(=O)c2cc(Nc3ccccc3C(=O)OC)ccn2)CC1. The number of carbonyl (C=O) groups is 2. The average Bonchev–Trinajstić information content (AvgIpc) is 2.73. The molecule has 1 N–H and O–H groups in total. The summed E-state index contributed by atoms with van der Waals surface area (Å²) >= 11 is 0. The number of nitrogens with one attached hydrogen (secondary N) is 1. The monoisotopic (exact) mass is 368 g/mol. The maximum atomic E-state index is 12.8. The summed E-state index contributed by atoms with van der Waals surface area (Å²) in [6, 6.07) is 10.6. The van der Waals surface area contributed by atoms with Crippen LogP contribution in [0.1, 0.15) is 27.8 Å². The summed E-state index contributed by atoms with van der Waals surface area (Å²) in [7, 11) is 1.35. The lowest BCUT2D eigenvalue weighted by atomic mass is 10.1. The van der Waals surface area contributed by atoms with Gasteiger partial charge in [0, 0.05) is 38.1 Å². The molecule has 142 valence electrons. The fourth-order valence-electron chi connectivity index (χ4n) is 3.09. The van der Waals surface area contributed by atoms with E-state index in [1.54, 1.807) is 36.5 Å². The van der Waals surface area contributed by atoms with E-state index in [9.17, 15) is 9.59 Å². The number of methoxy groups -OCH3 is 1. The van der Waals surface area contributed by atoms with Crippen molar-refractivity contribution in [2.45, 2.75) is 6.92 Å². The highest BCUT2D eigenvalue weighted by Crippen LogP contribution is 2.22. The smallest absolute Gasteiger partial charge is 0.339 e. The van der Waals surface area contributed by atoms with Gasteiger partial charge in [0.2, 0.25) is 0 Å². The first-order valence-corrected chi connectivity index (χ1v) is 9.04. The Morgan fingerprint density at radius 1 is 1.15 bits per heavy atom. The van der Waals surface area contributed by atoms with Crippen LogP contribution in [0.3, 0.4) is 0 Å². The molecule has 0 saturated carbocycles. The lowest BCUT2D eigenvalue weighted by Gasteiger charge is -2.33. The Morgan fingerprint density at radius 3 is 2.59 bits per heavy atom. The van der Waals surface area contributed by atoms with Crippen LogP contribution >= 0.6 is 0 Å². The fourth-order valence-corrected chi connectivity index (χ4v) is 3.09. The molecule has 3 rings (SSSR count). The zero-order valence-electron chi connectivity index (χ0n) is 15.6. The number of amides is 1. The number of rotatable bonds is 5. The molecule has 1 amide bonds. The predicted molar refractivity (Wildman–Crippen MR) is 103 cm³/mol. The minimum absolute atomic E-state index is 0.0735. The normalized spacial score (nSPS) is 14.7. The molecule has 0 radical (unpaired) electrons. The van der Waals surface area contributed by atoms with E-state index < -0.39 is 5.97 Å². The van der Waals surface area contributed by atoms with Gasteiger partial charge < -0.3 is 19.9 Å². The summed E-state index contributed by atoms with van der Waals surface area (Å²) < 4.78 is 4.82. The van der Waals surface area contributed by atoms with Crippen LogP contribution < -0.4 is 5.32 Å². The van der Waals surface area contributed by atoms with Crippen molar-refractivity contribution < 1.29 is 14.3 Å². The number of nitrogens with zero attached hydrogens (tertiary/aromatic N) is 3. The number of hydrogen-bond donors (Lipinski definition) is 1. The topological polar surface area (TPSA) is 74.8 Å². The number of aromatic nitrogens is 1. The van der Waals surface area contributed by atoms with Crippen LogP contribution in [0.4, 0.5) is 11.4 Å². The number of carbonyl (C=O) groups excluding carboxylic acids is 2. The van der Waals surface area contributed by atoms with Crippen LogP contribution in [-0.2, 0) is 4.74 Å². The number of benzene rings is 1. The molecule has 1 aliphatic heterocycles. The number of hydrogen-bond acceptors (Lipinski definition) is 6. The number of anilines is 2. The van der Waals surface area contributed by atoms with Gasteiger partial charge in [0.05, 0.1) is 18.4 Å². The lowest BCUT2D eigenvalue weighted by Crippen LogP contribution is -2.48. The summed E-state index contributed by atoms with van der Waals surface area (Å²) in [5.74, 6) is -0.493. The number of piperazine rings is 1. The van der Waals surface area contributed by atoms with Crippen LogP contribution in [0.2, 0.25) is 0 Å². The first-order chi connectivity index (χ1) is 13.1. The van der Waals surface area contributed by atoms with E-state index in [1.165, 1.54) is 7.11 Å². The fraction of sp³-hybridized carbons (Fsp3) is 0.350. The minimum Gasteiger partial charge on any atom is -0.465 e. The van der Waals surface area contributed by atoms with Crippen molar-refractivity contribution >= 4 is 23.3 Å². The molecule has 1 aromatic heterocycles. The molecule has 2 heterocycles. The molecule has 0 unspecified atom stereocenters. The molecule has 1 aromatic carbocycles. The molecule has 1 aliphatic rings. The van der Waals surface area contributed by atoms with E-state index in [0.29, 0.717) is 35.7 Å². The van der Waals surface area contributed by atoms with Crippen LogP contribution in [0.15, 0.2) is 42.6 Å². The number of para-hydroxylation sites is 1. The maximum Gasteiger partial charge on any atom is 0.339 e. The van der Waals surface area contributed by atoms with Crippen molar-refractivity contribution in [1.82, 2.24) is 14.8 Å². The molecule has 2 aromatic rings. The Labute approximate surface area is 158 Å². The first-order valence-electron chi connectivity index (χ1n) is 9.04. The summed E-state index contributed by atoms with van der Waals surface area (Å²) in [4.78, 5) is 33.1. The second-order valence-corrected chi connectivity index (χ2v) is 6.32. The third-order valence-corrected chi connectivity index (χ3v) is 4.70. The van der Waals surface area contributed by atoms with Crippen molar-refractivity contribution in [3.63, 3.8) is 0 Å². The molecule has 27 heavy (non-hydrogen) atoms. The minimum atomic E-state index is -0.419. The van der Waals surface area contributed by atoms with E-state index in [-0.39, 0.29) is 5.91 Å². The highest BCUT2D eigenvalue weighted by Gasteiger charge is 2.22. The van der Waals surface area contributed by atoms with Gasteiger partial charge in [-0.15, -0.1) is 0 Å². The third kappa shape index (κ3) is 4.43. The van der Waals surface area contributed by atoms with Crippen LogP contribution in [0.5, 0.6) is 0 Å². The molecule has 1 fully saturated rings. The molecular weight excluding hydrogens is 344 g/mol. The number of ether oxygens (including phenoxy) is 1. The first kappa shape index (κ1) is 18.8. The molecule has 1 saturated heterocycles. The Morgan fingerprint density at radius 2 is 1.89 bits per heavy atom. The maximum absolute atomic E-state index is 12.8. The van der Waals surface area contributed by atoms with Crippen LogP contribution in [-0.4, -0.2) is 66.5 Å². The van der Waals surface area contributed by atoms with Crippen LogP contribution in [0, 0.1) is 0 Å². The number of esters is 1. The molecule has 0 spiro atoms.